The van der Waals surface area contributed by atoms with Crippen LogP contribution in [0.25, 0.3) is 11.0 Å². The molecule has 0 bridgehead atoms. The van der Waals surface area contributed by atoms with E-state index in [2.05, 4.69) is 34.8 Å². The number of hydrogen-bond acceptors (Lipinski definition) is 4. The fraction of sp³-hybridized carbons (Fsp3) is 0.462. The number of aromatic amines is 1. The van der Waals surface area contributed by atoms with Crippen molar-refractivity contribution in [1.82, 2.24) is 15.2 Å². The quantitative estimate of drug-likeness (QED) is 0.801. The number of hydrogen-bond donors (Lipinski definition) is 2. The van der Waals surface area contributed by atoms with Gasteiger partial charge in [-0.2, -0.15) is 5.10 Å². The van der Waals surface area contributed by atoms with Crippen LogP contribution in [-0.4, -0.2) is 40.9 Å². The lowest BCUT2D eigenvalue weighted by Gasteiger charge is -2.17. The molecule has 1 unspecified atom stereocenters. The maximum atomic E-state index is 14.1. The first-order valence-electron chi connectivity index (χ1n) is 6.61. The van der Waals surface area contributed by atoms with Crippen molar-refractivity contribution in [3.63, 3.8) is 0 Å². The highest BCUT2D eigenvalue weighted by Gasteiger charge is 2.19. The molecule has 0 saturated carbocycles. The molecule has 0 fully saturated rings. The van der Waals surface area contributed by atoms with Gasteiger partial charge in [-0.3, -0.25) is 5.10 Å². The summed E-state index contributed by atoms with van der Waals surface area (Å²) in [6, 6.07) is 2.27. The third kappa shape index (κ3) is 3.85. The summed E-state index contributed by atoms with van der Waals surface area (Å²) in [5.41, 5.74) is 0.334. The minimum atomic E-state index is -1.62. The number of aromatic nitrogens is 3. The monoisotopic (exact) mass is 311 g/mol. The molecule has 2 rings (SSSR count). The zero-order chi connectivity index (χ0) is 15.6. The van der Waals surface area contributed by atoms with Crippen LogP contribution in [0.4, 0.5) is 4.39 Å². The van der Waals surface area contributed by atoms with Crippen molar-refractivity contribution in [2.24, 2.45) is 0 Å². The molecule has 0 aliphatic carbocycles. The van der Waals surface area contributed by atoms with Gasteiger partial charge in [0, 0.05) is 26.4 Å². The SMILES string of the molecule is C[Si](C)(C)CCOC(F)c1cnc2n[nH]c(C(=O)O)c2c1. The van der Waals surface area contributed by atoms with Crippen molar-refractivity contribution < 1.29 is 19.0 Å². The number of carboxylic acid groups (broad SMARTS) is 1. The van der Waals surface area contributed by atoms with Gasteiger partial charge < -0.3 is 9.84 Å². The Balaban J connectivity index is 2.14. The second-order valence-corrected chi connectivity index (χ2v) is 11.7. The van der Waals surface area contributed by atoms with Crippen molar-refractivity contribution in [3.8, 4) is 0 Å². The number of pyridine rings is 1. The molecule has 0 spiro atoms. The Kier molecular flexibility index (Phi) is 4.38. The number of aromatic carboxylic acids is 1. The van der Waals surface area contributed by atoms with Crippen LogP contribution in [0.5, 0.6) is 0 Å². The Bertz CT molecular complexity index is 654. The van der Waals surface area contributed by atoms with Crippen molar-refractivity contribution in [2.45, 2.75) is 32.0 Å². The lowest BCUT2D eigenvalue weighted by atomic mass is 10.2. The fourth-order valence-corrected chi connectivity index (χ4v) is 2.50. The van der Waals surface area contributed by atoms with E-state index in [4.69, 9.17) is 9.84 Å². The van der Waals surface area contributed by atoms with E-state index in [-0.39, 0.29) is 22.3 Å². The van der Waals surface area contributed by atoms with E-state index < -0.39 is 20.4 Å². The first kappa shape index (κ1) is 15.6. The molecule has 2 N–H and O–H groups in total. The normalized spacial score (nSPS) is 13.5. The van der Waals surface area contributed by atoms with Crippen molar-refractivity contribution >= 4 is 25.1 Å². The number of carboxylic acids is 1. The zero-order valence-electron chi connectivity index (χ0n) is 12.2. The summed E-state index contributed by atoms with van der Waals surface area (Å²) in [7, 11) is -1.28. The number of alkyl halides is 1. The smallest absolute Gasteiger partial charge is 0.354 e. The van der Waals surface area contributed by atoms with E-state index in [0.29, 0.717) is 6.61 Å². The highest BCUT2D eigenvalue weighted by Crippen LogP contribution is 2.24. The first-order valence-corrected chi connectivity index (χ1v) is 10.3. The summed E-state index contributed by atoms with van der Waals surface area (Å²) in [6.07, 6.45) is -0.302. The molecule has 2 aromatic rings. The Labute approximate surface area is 122 Å². The van der Waals surface area contributed by atoms with Crippen LogP contribution in [-0.2, 0) is 4.74 Å². The summed E-state index contributed by atoms with van der Waals surface area (Å²) in [4.78, 5) is 15.0. The van der Waals surface area contributed by atoms with Crippen LogP contribution < -0.4 is 0 Å². The molecular weight excluding hydrogens is 293 g/mol. The van der Waals surface area contributed by atoms with Gasteiger partial charge in [-0.1, -0.05) is 19.6 Å². The summed E-state index contributed by atoms with van der Waals surface area (Å²) >= 11 is 0. The number of nitrogens with one attached hydrogen (secondary N) is 1. The standard InChI is InChI=1S/C13H18FN3O3Si/c1-21(2,3)5-4-20-11(14)8-6-9-10(13(18)19)16-17-12(9)15-7-8/h6-7,11H,4-5H2,1-3H3,(H,18,19)(H,15,16,17). The average Bonchev–Trinajstić information content (AvgIpc) is 2.79. The molecule has 6 nitrogen and oxygen atoms in total. The second kappa shape index (κ2) is 5.90. The molecule has 0 aromatic carbocycles. The number of H-pyrrole nitrogens is 1. The highest BCUT2D eigenvalue weighted by molar-refractivity contribution is 6.76. The van der Waals surface area contributed by atoms with Crippen LogP contribution in [0.1, 0.15) is 22.4 Å². The molecule has 1 atom stereocenters. The third-order valence-corrected chi connectivity index (χ3v) is 4.73. The topological polar surface area (TPSA) is 88.1 Å². The van der Waals surface area contributed by atoms with Gasteiger partial charge in [-0.25, -0.2) is 14.2 Å². The van der Waals surface area contributed by atoms with Gasteiger partial charge in [0.1, 0.15) is 0 Å². The van der Waals surface area contributed by atoms with Crippen LogP contribution >= 0.6 is 0 Å². The number of nitrogens with zero attached hydrogens (tertiary/aromatic N) is 2. The molecule has 2 aromatic heterocycles. The molecule has 2 heterocycles. The first-order chi connectivity index (χ1) is 9.78. The largest absolute Gasteiger partial charge is 0.477 e. The third-order valence-electron chi connectivity index (χ3n) is 3.02. The predicted octanol–water partition coefficient (Wildman–Crippen LogP) is 2.98. The Morgan fingerprint density at radius 3 is 2.86 bits per heavy atom. The van der Waals surface area contributed by atoms with E-state index >= 15 is 0 Å². The van der Waals surface area contributed by atoms with Gasteiger partial charge in [-0.05, 0) is 12.1 Å². The number of rotatable bonds is 6. The van der Waals surface area contributed by atoms with Crippen LogP contribution in [0.2, 0.25) is 25.7 Å². The minimum Gasteiger partial charge on any atom is -0.477 e. The highest BCUT2D eigenvalue weighted by atomic mass is 28.3. The van der Waals surface area contributed by atoms with Crippen LogP contribution in [0.15, 0.2) is 12.3 Å². The van der Waals surface area contributed by atoms with E-state index in [9.17, 15) is 9.18 Å². The second-order valence-electron chi connectivity index (χ2n) is 6.04. The molecular formula is C13H18FN3O3Si. The molecule has 0 amide bonds. The van der Waals surface area contributed by atoms with Gasteiger partial charge in [0.25, 0.3) is 0 Å². The van der Waals surface area contributed by atoms with Crippen LogP contribution in [0.3, 0.4) is 0 Å². The summed E-state index contributed by atoms with van der Waals surface area (Å²) in [6.45, 7) is 6.89. The summed E-state index contributed by atoms with van der Waals surface area (Å²) in [5, 5.41) is 15.4. The molecule has 0 radical (unpaired) electrons. The molecule has 114 valence electrons. The van der Waals surface area contributed by atoms with Gasteiger partial charge in [0.2, 0.25) is 6.36 Å². The number of fused-ring (bicyclic) bond motifs is 1. The Morgan fingerprint density at radius 1 is 1.52 bits per heavy atom. The fourth-order valence-electron chi connectivity index (χ4n) is 1.77. The van der Waals surface area contributed by atoms with E-state index in [1.54, 1.807) is 0 Å². The van der Waals surface area contributed by atoms with Crippen molar-refractivity contribution in [1.29, 1.82) is 0 Å². The number of carbonyl (C=O) groups is 1. The minimum absolute atomic E-state index is 0.103. The molecule has 0 aliphatic rings. The number of halogens is 1. The summed E-state index contributed by atoms with van der Waals surface area (Å²) in [5.74, 6) is -1.16. The molecule has 0 aliphatic heterocycles. The van der Waals surface area contributed by atoms with Gasteiger partial charge in [-0.15, -0.1) is 0 Å². The van der Waals surface area contributed by atoms with Crippen molar-refractivity contribution in [3.05, 3.63) is 23.5 Å². The molecule has 0 saturated heterocycles. The van der Waals surface area contributed by atoms with Gasteiger partial charge in [0.05, 0.1) is 5.39 Å². The number of ether oxygens (including phenoxy) is 1. The van der Waals surface area contributed by atoms with E-state index in [0.717, 1.165) is 6.04 Å². The maximum absolute atomic E-state index is 14.1. The predicted molar refractivity (Wildman–Crippen MR) is 78.8 cm³/mol. The zero-order valence-corrected chi connectivity index (χ0v) is 13.2. The van der Waals surface area contributed by atoms with Gasteiger partial charge in [0.15, 0.2) is 11.3 Å². The van der Waals surface area contributed by atoms with Gasteiger partial charge >= 0.3 is 5.97 Å². The lowest BCUT2D eigenvalue weighted by Crippen LogP contribution is -2.21. The average molecular weight is 311 g/mol. The molecule has 21 heavy (non-hydrogen) atoms. The maximum Gasteiger partial charge on any atom is 0.354 e. The van der Waals surface area contributed by atoms with Crippen LogP contribution in [0, 0.1) is 0 Å². The Hall–Kier alpha value is -1.80. The molecule has 8 heteroatoms. The van der Waals surface area contributed by atoms with E-state index in [1.807, 2.05) is 0 Å². The van der Waals surface area contributed by atoms with Crippen molar-refractivity contribution in [2.75, 3.05) is 6.61 Å². The van der Waals surface area contributed by atoms with E-state index in [1.165, 1.54) is 12.3 Å². The summed E-state index contributed by atoms with van der Waals surface area (Å²) < 4.78 is 19.2. The Morgan fingerprint density at radius 2 is 2.24 bits per heavy atom. The lowest BCUT2D eigenvalue weighted by molar-refractivity contribution is -0.0349.